The smallest absolute Gasteiger partial charge is 0.368 e. The maximum Gasteiger partial charge on any atom is 0.368 e. The molecule has 0 bridgehead atoms. The van der Waals surface area contributed by atoms with E-state index in [1.165, 1.54) is 11.3 Å². The van der Waals surface area contributed by atoms with Gasteiger partial charge in [-0.1, -0.05) is 23.5 Å². The van der Waals surface area contributed by atoms with Crippen LogP contribution in [-0.4, -0.2) is 10.1 Å². The second-order valence-electron chi connectivity index (χ2n) is 3.73. The Kier molecular flexibility index (Phi) is 3.33. The Morgan fingerprint density at radius 2 is 2.10 bits per heavy atom. The number of hydrogen-bond donors (Lipinski definition) is 1. The molecule has 2 aromatic heterocycles. The third kappa shape index (κ3) is 2.35. The molecule has 0 aliphatic rings. The molecule has 0 saturated carbocycles. The molecule has 0 atom stereocenters. The fraction of sp³-hybridized carbons (Fsp3) is 0. The van der Waals surface area contributed by atoms with Crippen molar-refractivity contribution in [3.63, 3.8) is 0 Å². The molecule has 2 heterocycles. The average molecular weight is 352 g/mol. The van der Waals surface area contributed by atoms with Crippen molar-refractivity contribution in [2.75, 3.05) is 0 Å². The van der Waals surface area contributed by atoms with E-state index in [0.717, 1.165) is 3.79 Å². The fourth-order valence-corrected chi connectivity index (χ4v) is 2.60. The monoisotopic (exact) mass is 351 g/mol. The maximum atomic E-state index is 11.8. The second kappa shape index (κ2) is 5.14. The lowest BCUT2D eigenvalue weighted by atomic mass is 10.2. The number of halogens is 1. The quantitative estimate of drug-likeness (QED) is 0.555. The number of aromatic nitrogens is 1. The first-order chi connectivity index (χ1) is 9.65. The van der Waals surface area contributed by atoms with Crippen LogP contribution in [0, 0.1) is 0 Å². The number of nitrogens with zero attached hydrogens (tertiary/aromatic N) is 3. The summed E-state index contributed by atoms with van der Waals surface area (Å²) in [4.78, 5) is 15.7. The summed E-state index contributed by atoms with van der Waals surface area (Å²) in [6.45, 7) is 0. The molecule has 100 valence electrons. The van der Waals surface area contributed by atoms with E-state index >= 15 is 0 Å². The predicted molar refractivity (Wildman–Crippen MR) is 78.1 cm³/mol. The lowest BCUT2D eigenvalue weighted by Crippen LogP contribution is -1.98. The van der Waals surface area contributed by atoms with Gasteiger partial charge in [0.05, 0.1) is 15.4 Å². The van der Waals surface area contributed by atoms with Crippen molar-refractivity contribution >= 4 is 49.1 Å². The maximum absolute atomic E-state index is 11.8. The summed E-state index contributed by atoms with van der Waals surface area (Å²) in [6.07, 6.45) is 1.57. The lowest BCUT2D eigenvalue weighted by molar-refractivity contribution is 0.469. The summed E-state index contributed by atoms with van der Waals surface area (Å²) < 4.78 is 5.86. The number of para-hydroxylation sites is 1. The largest absolute Gasteiger partial charge is 0.505 e. The molecule has 0 fully saturated rings. The van der Waals surface area contributed by atoms with E-state index < -0.39 is 5.63 Å². The highest BCUT2D eigenvalue weighted by Crippen LogP contribution is 2.33. The van der Waals surface area contributed by atoms with Gasteiger partial charge in [0.2, 0.25) is 10.8 Å². The van der Waals surface area contributed by atoms with Crippen LogP contribution in [0.4, 0.5) is 10.8 Å². The standard InChI is InChI=1S/C12H6BrN3O3S/c13-8-5-14-12(20-8)16-15-9-10(17)6-3-1-2-4-7(6)19-11(9)18/h1-5,17H. The SMILES string of the molecule is O=c1oc2ccccc2c(O)c1N=Nc1ncc(Br)s1. The zero-order valence-corrected chi connectivity index (χ0v) is 12.2. The minimum absolute atomic E-state index is 0.241. The third-order valence-electron chi connectivity index (χ3n) is 2.46. The highest BCUT2D eigenvalue weighted by Gasteiger charge is 2.13. The molecule has 0 aliphatic carbocycles. The predicted octanol–water partition coefficient (Wildman–Crippen LogP) is 4.13. The molecule has 3 rings (SSSR count). The van der Waals surface area contributed by atoms with Gasteiger partial charge in [-0.05, 0) is 28.1 Å². The molecule has 0 unspecified atom stereocenters. The van der Waals surface area contributed by atoms with Gasteiger partial charge in [0.1, 0.15) is 5.58 Å². The molecule has 3 aromatic rings. The van der Waals surface area contributed by atoms with Gasteiger partial charge in [0.15, 0.2) is 5.75 Å². The van der Waals surface area contributed by atoms with Gasteiger partial charge in [0, 0.05) is 0 Å². The summed E-state index contributed by atoms with van der Waals surface area (Å²) in [5.74, 6) is -0.253. The first-order valence-corrected chi connectivity index (χ1v) is 7.04. The Balaban J connectivity index is 2.12. The summed E-state index contributed by atoms with van der Waals surface area (Å²) >= 11 is 4.50. The summed E-state index contributed by atoms with van der Waals surface area (Å²) in [5.41, 5.74) is -0.693. The van der Waals surface area contributed by atoms with Gasteiger partial charge in [0.25, 0.3) is 0 Å². The first kappa shape index (κ1) is 12.9. The molecule has 20 heavy (non-hydrogen) atoms. The molecule has 0 saturated heterocycles. The van der Waals surface area contributed by atoms with E-state index in [1.54, 1.807) is 30.5 Å². The number of aromatic hydroxyl groups is 1. The fourth-order valence-electron chi connectivity index (χ4n) is 1.60. The molecule has 0 radical (unpaired) electrons. The number of thiazole rings is 1. The summed E-state index contributed by atoms with van der Waals surface area (Å²) in [5, 5.41) is 18.4. The Bertz CT molecular complexity index is 872. The third-order valence-corrected chi connectivity index (χ3v) is 3.82. The molecule has 0 spiro atoms. The van der Waals surface area contributed by atoms with Crippen LogP contribution in [0.1, 0.15) is 0 Å². The molecular weight excluding hydrogens is 346 g/mol. The minimum Gasteiger partial charge on any atom is -0.505 e. The Labute approximate surface area is 124 Å². The minimum atomic E-state index is -0.749. The molecule has 1 aromatic carbocycles. The Morgan fingerprint density at radius 3 is 2.85 bits per heavy atom. The molecule has 6 nitrogen and oxygen atoms in total. The van der Waals surface area contributed by atoms with Gasteiger partial charge in [-0.25, -0.2) is 9.78 Å². The van der Waals surface area contributed by atoms with Crippen LogP contribution in [0.3, 0.4) is 0 Å². The van der Waals surface area contributed by atoms with Crippen LogP contribution in [0.5, 0.6) is 5.75 Å². The van der Waals surface area contributed by atoms with Gasteiger partial charge in [-0.2, -0.15) is 0 Å². The molecule has 0 aliphatic heterocycles. The molecule has 8 heteroatoms. The lowest BCUT2D eigenvalue weighted by Gasteiger charge is -2.00. The van der Waals surface area contributed by atoms with Crippen LogP contribution >= 0.6 is 27.3 Å². The topological polar surface area (TPSA) is 88.0 Å². The van der Waals surface area contributed by atoms with E-state index in [9.17, 15) is 9.90 Å². The van der Waals surface area contributed by atoms with E-state index in [2.05, 4.69) is 31.1 Å². The second-order valence-corrected chi connectivity index (χ2v) is 6.12. The highest BCUT2D eigenvalue weighted by molar-refractivity contribution is 9.11. The average Bonchev–Trinajstić information content (AvgIpc) is 2.84. The Morgan fingerprint density at radius 1 is 1.30 bits per heavy atom. The number of rotatable bonds is 2. The van der Waals surface area contributed by atoms with E-state index in [1.807, 2.05) is 0 Å². The van der Waals surface area contributed by atoms with Gasteiger partial charge in [-0.15, -0.1) is 10.2 Å². The van der Waals surface area contributed by atoms with Crippen molar-refractivity contribution in [1.29, 1.82) is 0 Å². The van der Waals surface area contributed by atoms with E-state index in [-0.39, 0.29) is 11.4 Å². The first-order valence-electron chi connectivity index (χ1n) is 5.43. The number of fused-ring (bicyclic) bond motifs is 1. The van der Waals surface area contributed by atoms with Gasteiger partial charge in [-0.3, -0.25) is 0 Å². The van der Waals surface area contributed by atoms with Crippen molar-refractivity contribution in [3.8, 4) is 5.75 Å². The van der Waals surface area contributed by atoms with Crippen molar-refractivity contribution in [1.82, 2.24) is 4.98 Å². The summed E-state index contributed by atoms with van der Waals surface area (Å²) in [7, 11) is 0. The van der Waals surface area contributed by atoms with Crippen LogP contribution < -0.4 is 5.63 Å². The Hall–Kier alpha value is -2.06. The van der Waals surface area contributed by atoms with Gasteiger partial charge >= 0.3 is 5.63 Å². The molecular formula is C12H6BrN3O3S. The number of azo groups is 1. The number of hydrogen-bond acceptors (Lipinski definition) is 7. The van der Waals surface area contributed by atoms with Crippen LogP contribution in [0.2, 0.25) is 0 Å². The van der Waals surface area contributed by atoms with E-state index in [4.69, 9.17) is 4.42 Å². The van der Waals surface area contributed by atoms with Crippen LogP contribution in [0.15, 0.2) is 53.7 Å². The normalized spacial score (nSPS) is 11.4. The van der Waals surface area contributed by atoms with Crippen LogP contribution in [-0.2, 0) is 0 Å². The summed E-state index contributed by atoms with van der Waals surface area (Å²) in [6, 6.07) is 6.65. The van der Waals surface area contributed by atoms with Crippen molar-refractivity contribution in [3.05, 3.63) is 44.7 Å². The van der Waals surface area contributed by atoms with Crippen molar-refractivity contribution < 1.29 is 9.52 Å². The zero-order valence-electron chi connectivity index (χ0n) is 9.78. The van der Waals surface area contributed by atoms with Gasteiger partial charge < -0.3 is 9.52 Å². The van der Waals surface area contributed by atoms with Crippen LogP contribution in [0.25, 0.3) is 11.0 Å². The highest BCUT2D eigenvalue weighted by atomic mass is 79.9. The van der Waals surface area contributed by atoms with Crippen molar-refractivity contribution in [2.45, 2.75) is 0 Å². The number of benzene rings is 1. The van der Waals surface area contributed by atoms with Crippen molar-refractivity contribution in [2.24, 2.45) is 10.2 Å². The molecule has 1 N–H and O–H groups in total. The molecule has 0 amide bonds. The zero-order chi connectivity index (χ0) is 14.1. The van der Waals surface area contributed by atoms with E-state index in [0.29, 0.717) is 16.1 Å².